The number of benzene rings is 1. The van der Waals surface area contributed by atoms with E-state index in [1.807, 2.05) is 0 Å². The van der Waals surface area contributed by atoms with Crippen molar-refractivity contribution in [1.82, 2.24) is 10.2 Å². The molecule has 0 radical (unpaired) electrons. The van der Waals surface area contributed by atoms with Gasteiger partial charge in [-0.2, -0.15) is 5.10 Å². The number of phenols is 1. The number of nitrogens with one attached hydrogen (secondary N) is 2. The van der Waals surface area contributed by atoms with E-state index in [4.69, 9.17) is 9.84 Å². The Balaban J connectivity index is 2.03. The van der Waals surface area contributed by atoms with Crippen molar-refractivity contribution in [3.05, 3.63) is 35.5 Å². The molecule has 0 aliphatic rings. The van der Waals surface area contributed by atoms with E-state index in [-0.39, 0.29) is 11.4 Å². The molecule has 0 bridgehead atoms. The molecule has 1 aromatic heterocycles. The van der Waals surface area contributed by atoms with Gasteiger partial charge in [-0.1, -0.05) is 6.07 Å². The number of anilines is 1. The molecule has 0 atom stereocenters. The Morgan fingerprint density at radius 1 is 1.47 bits per heavy atom. The van der Waals surface area contributed by atoms with Crippen LogP contribution in [0.3, 0.4) is 0 Å². The Morgan fingerprint density at radius 2 is 2.26 bits per heavy atom. The van der Waals surface area contributed by atoms with Crippen molar-refractivity contribution in [2.75, 3.05) is 12.4 Å². The molecule has 1 aromatic carbocycles. The first-order chi connectivity index (χ1) is 9.10. The fourth-order valence-corrected chi connectivity index (χ4v) is 1.55. The third kappa shape index (κ3) is 2.95. The molecule has 2 aromatic rings. The fraction of sp³-hybridized carbons (Fsp3) is 0.167. The zero-order valence-corrected chi connectivity index (χ0v) is 10.2. The van der Waals surface area contributed by atoms with E-state index in [9.17, 15) is 9.90 Å². The number of H-pyrrole nitrogens is 1. The number of aromatic hydroxyl groups is 1. The lowest BCUT2D eigenvalue weighted by Gasteiger charge is -2.07. The van der Waals surface area contributed by atoms with Gasteiger partial charge in [0.2, 0.25) is 0 Å². The van der Waals surface area contributed by atoms with E-state index >= 15 is 0 Å². The van der Waals surface area contributed by atoms with Gasteiger partial charge in [-0.05, 0) is 17.7 Å². The summed E-state index contributed by atoms with van der Waals surface area (Å²) in [5.41, 5.74) is 0.889. The van der Waals surface area contributed by atoms with Crippen LogP contribution in [0.15, 0.2) is 24.3 Å². The van der Waals surface area contributed by atoms with Crippen molar-refractivity contribution in [1.29, 1.82) is 0 Å². The molecule has 7 heteroatoms. The molecule has 2 rings (SSSR count). The number of carbonyl (C=O) groups is 1. The third-order valence-corrected chi connectivity index (χ3v) is 2.53. The van der Waals surface area contributed by atoms with E-state index in [2.05, 4.69) is 15.5 Å². The molecule has 0 amide bonds. The number of aromatic nitrogens is 2. The van der Waals surface area contributed by atoms with Crippen molar-refractivity contribution in [2.45, 2.75) is 6.54 Å². The first kappa shape index (κ1) is 12.7. The van der Waals surface area contributed by atoms with Crippen LogP contribution in [-0.4, -0.2) is 33.5 Å². The first-order valence-corrected chi connectivity index (χ1v) is 5.48. The van der Waals surface area contributed by atoms with Crippen LogP contribution < -0.4 is 10.1 Å². The highest BCUT2D eigenvalue weighted by atomic mass is 16.5. The maximum absolute atomic E-state index is 10.7. The number of ether oxygens (including phenoxy) is 1. The number of hydrogen-bond acceptors (Lipinski definition) is 5. The lowest BCUT2D eigenvalue weighted by molar-refractivity contribution is 0.0690. The number of methoxy groups -OCH3 is 1. The topological polar surface area (TPSA) is 107 Å². The summed E-state index contributed by atoms with van der Waals surface area (Å²) in [6, 6.07) is 6.35. The Kier molecular flexibility index (Phi) is 3.56. The van der Waals surface area contributed by atoms with Gasteiger partial charge in [0.25, 0.3) is 0 Å². The number of phenolic OH excluding ortho intramolecular Hbond substituents is 1. The van der Waals surface area contributed by atoms with Crippen LogP contribution in [0.2, 0.25) is 0 Å². The first-order valence-electron chi connectivity index (χ1n) is 5.48. The second-order valence-corrected chi connectivity index (χ2v) is 3.83. The zero-order chi connectivity index (χ0) is 13.8. The summed E-state index contributed by atoms with van der Waals surface area (Å²) in [5, 5.41) is 27.4. The van der Waals surface area contributed by atoms with E-state index in [0.717, 1.165) is 5.56 Å². The van der Waals surface area contributed by atoms with Gasteiger partial charge in [-0.25, -0.2) is 4.79 Å². The third-order valence-electron chi connectivity index (χ3n) is 2.53. The zero-order valence-electron chi connectivity index (χ0n) is 10.2. The van der Waals surface area contributed by atoms with Gasteiger partial charge in [0.15, 0.2) is 11.5 Å². The summed E-state index contributed by atoms with van der Waals surface area (Å²) in [7, 11) is 1.47. The van der Waals surface area contributed by atoms with E-state index in [1.165, 1.54) is 19.2 Å². The van der Waals surface area contributed by atoms with Gasteiger partial charge in [0.1, 0.15) is 11.5 Å². The SMILES string of the molecule is COc1cc(CNc2cc(C(=O)O)[nH]n2)ccc1O. The lowest BCUT2D eigenvalue weighted by atomic mass is 10.2. The summed E-state index contributed by atoms with van der Waals surface area (Å²) in [6.07, 6.45) is 0. The Labute approximate surface area is 108 Å². The van der Waals surface area contributed by atoms with Crippen molar-refractivity contribution in [2.24, 2.45) is 0 Å². The molecule has 0 aliphatic heterocycles. The Morgan fingerprint density at radius 3 is 2.89 bits per heavy atom. The van der Waals surface area contributed by atoms with E-state index in [0.29, 0.717) is 18.1 Å². The number of carboxylic acids is 1. The quantitative estimate of drug-likeness (QED) is 0.650. The molecule has 100 valence electrons. The van der Waals surface area contributed by atoms with Crippen LogP contribution in [0.5, 0.6) is 11.5 Å². The summed E-state index contributed by atoms with van der Waals surface area (Å²) < 4.78 is 5.00. The number of aromatic carboxylic acids is 1. The largest absolute Gasteiger partial charge is 0.504 e. The predicted molar refractivity (Wildman–Crippen MR) is 67.5 cm³/mol. The minimum Gasteiger partial charge on any atom is -0.504 e. The molecule has 0 unspecified atom stereocenters. The van der Waals surface area contributed by atoms with Gasteiger partial charge in [0, 0.05) is 12.6 Å². The van der Waals surface area contributed by atoms with Crippen LogP contribution in [0.25, 0.3) is 0 Å². The van der Waals surface area contributed by atoms with Crippen LogP contribution in [-0.2, 0) is 6.54 Å². The molecule has 0 saturated carbocycles. The number of rotatable bonds is 5. The summed E-state index contributed by atoms with van der Waals surface area (Å²) in [4.78, 5) is 10.7. The molecule has 0 fully saturated rings. The maximum atomic E-state index is 10.7. The normalized spacial score (nSPS) is 10.2. The smallest absolute Gasteiger partial charge is 0.353 e. The molecule has 19 heavy (non-hydrogen) atoms. The molecule has 0 aliphatic carbocycles. The molecular formula is C12H13N3O4. The monoisotopic (exact) mass is 263 g/mol. The maximum Gasteiger partial charge on any atom is 0.353 e. The number of carboxylic acid groups (broad SMARTS) is 1. The molecule has 0 spiro atoms. The van der Waals surface area contributed by atoms with Crippen LogP contribution in [0.1, 0.15) is 16.1 Å². The average molecular weight is 263 g/mol. The second-order valence-electron chi connectivity index (χ2n) is 3.83. The molecule has 0 saturated heterocycles. The van der Waals surface area contributed by atoms with Crippen molar-refractivity contribution in [3.8, 4) is 11.5 Å². The van der Waals surface area contributed by atoms with Gasteiger partial charge in [-0.3, -0.25) is 5.10 Å². The fourth-order valence-electron chi connectivity index (χ4n) is 1.55. The second kappa shape index (κ2) is 5.30. The standard InChI is InChI=1S/C12H13N3O4/c1-19-10-4-7(2-3-9(10)16)6-13-11-5-8(12(17)18)14-15-11/h2-5,16H,6H2,1H3,(H,17,18)(H2,13,14,15). The number of aromatic amines is 1. The summed E-state index contributed by atoms with van der Waals surface area (Å²) >= 11 is 0. The lowest BCUT2D eigenvalue weighted by Crippen LogP contribution is -2.00. The Bertz CT molecular complexity index is 594. The van der Waals surface area contributed by atoms with Gasteiger partial charge in [0.05, 0.1) is 7.11 Å². The molecule has 7 nitrogen and oxygen atoms in total. The van der Waals surface area contributed by atoms with Gasteiger partial charge >= 0.3 is 5.97 Å². The van der Waals surface area contributed by atoms with Crippen LogP contribution in [0, 0.1) is 0 Å². The number of nitrogens with zero attached hydrogens (tertiary/aromatic N) is 1. The minimum absolute atomic E-state index is 0.0192. The predicted octanol–water partition coefficient (Wildman–Crippen LogP) is 1.43. The van der Waals surface area contributed by atoms with E-state index < -0.39 is 5.97 Å². The van der Waals surface area contributed by atoms with Crippen molar-refractivity contribution in [3.63, 3.8) is 0 Å². The molecular weight excluding hydrogens is 250 g/mol. The average Bonchev–Trinajstić information content (AvgIpc) is 2.87. The van der Waals surface area contributed by atoms with Crippen LogP contribution in [0.4, 0.5) is 5.82 Å². The summed E-state index contributed by atoms with van der Waals surface area (Å²) in [5.74, 6) is -0.178. The van der Waals surface area contributed by atoms with E-state index in [1.54, 1.807) is 12.1 Å². The highest BCUT2D eigenvalue weighted by Gasteiger charge is 2.07. The minimum atomic E-state index is -1.06. The van der Waals surface area contributed by atoms with Crippen LogP contribution >= 0.6 is 0 Å². The highest BCUT2D eigenvalue weighted by molar-refractivity contribution is 5.86. The van der Waals surface area contributed by atoms with Gasteiger partial charge < -0.3 is 20.3 Å². The Hall–Kier alpha value is -2.70. The number of hydrogen-bond donors (Lipinski definition) is 4. The van der Waals surface area contributed by atoms with Crippen molar-refractivity contribution < 1.29 is 19.7 Å². The van der Waals surface area contributed by atoms with Gasteiger partial charge in [-0.15, -0.1) is 0 Å². The highest BCUT2D eigenvalue weighted by Crippen LogP contribution is 2.26. The summed E-state index contributed by atoms with van der Waals surface area (Å²) in [6.45, 7) is 0.431. The molecule has 1 heterocycles. The van der Waals surface area contributed by atoms with Crippen molar-refractivity contribution >= 4 is 11.8 Å². The molecule has 4 N–H and O–H groups in total.